The van der Waals surface area contributed by atoms with Crippen LogP contribution in [0, 0.1) is 0 Å². The molecule has 1 fully saturated rings. The van der Waals surface area contributed by atoms with Crippen molar-refractivity contribution in [3.05, 3.63) is 35.2 Å². The zero-order valence-electron chi connectivity index (χ0n) is 10.4. The zero-order chi connectivity index (χ0) is 14.2. The van der Waals surface area contributed by atoms with Crippen LogP contribution in [-0.2, 0) is 5.33 Å². The van der Waals surface area contributed by atoms with Crippen molar-refractivity contribution in [2.75, 3.05) is 0 Å². The van der Waals surface area contributed by atoms with Crippen LogP contribution in [0.1, 0.15) is 42.7 Å². The van der Waals surface area contributed by atoms with Gasteiger partial charge in [-0.3, -0.25) is 0 Å². The largest absolute Gasteiger partial charge is 0.416 e. The minimum atomic E-state index is -4.47. The maximum absolute atomic E-state index is 12.8. The lowest BCUT2D eigenvalue weighted by molar-refractivity contribution is -0.0867. The SMILES string of the molecule is C=C(/C(=C\C)c1noc(C2CC2)c1CBr)C(F)(F)F. The normalized spacial score (nSPS) is 16.8. The summed E-state index contributed by atoms with van der Waals surface area (Å²) in [5.41, 5.74) is 0.0232. The summed E-state index contributed by atoms with van der Waals surface area (Å²) in [4.78, 5) is 0. The Kier molecular flexibility index (Phi) is 3.90. The van der Waals surface area contributed by atoms with Crippen LogP contribution in [0.25, 0.3) is 5.57 Å². The van der Waals surface area contributed by atoms with Crippen molar-refractivity contribution in [1.82, 2.24) is 5.16 Å². The molecule has 0 atom stereocenters. The first-order valence-corrected chi connectivity index (χ1v) is 6.99. The fourth-order valence-corrected chi connectivity index (χ4v) is 2.48. The fourth-order valence-electron chi connectivity index (χ4n) is 1.94. The van der Waals surface area contributed by atoms with E-state index in [4.69, 9.17) is 4.52 Å². The van der Waals surface area contributed by atoms with E-state index in [2.05, 4.69) is 27.7 Å². The van der Waals surface area contributed by atoms with Crippen LogP contribution < -0.4 is 0 Å². The average Bonchev–Trinajstić information content (AvgIpc) is 3.10. The van der Waals surface area contributed by atoms with Crippen molar-refractivity contribution >= 4 is 21.5 Å². The molecule has 0 spiro atoms. The van der Waals surface area contributed by atoms with Gasteiger partial charge in [0.2, 0.25) is 0 Å². The average molecular weight is 336 g/mol. The number of nitrogens with zero attached hydrogens (tertiary/aromatic N) is 1. The van der Waals surface area contributed by atoms with Gasteiger partial charge in [-0.15, -0.1) is 0 Å². The number of hydrogen-bond acceptors (Lipinski definition) is 2. The third-order valence-electron chi connectivity index (χ3n) is 3.11. The zero-order valence-corrected chi connectivity index (χ0v) is 11.9. The Morgan fingerprint density at radius 3 is 2.58 bits per heavy atom. The van der Waals surface area contributed by atoms with E-state index in [1.165, 1.54) is 13.0 Å². The third kappa shape index (κ3) is 2.78. The van der Waals surface area contributed by atoms with Gasteiger partial charge in [0.25, 0.3) is 0 Å². The number of alkyl halides is 4. The molecule has 2 rings (SSSR count). The number of rotatable bonds is 4. The second-order valence-corrected chi connectivity index (χ2v) is 5.02. The Labute approximate surface area is 117 Å². The van der Waals surface area contributed by atoms with E-state index in [9.17, 15) is 13.2 Å². The highest BCUT2D eigenvalue weighted by Crippen LogP contribution is 2.45. The molecule has 0 aromatic carbocycles. The van der Waals surface area contributed by atoms with Crippen molar-refractivity contribution in [3.63, 3.8) is 0 Å². The predicted octanol–water partition coefficient (Wildman–Crippen LogP) is 4.97. The van der Waals surface area contributed by atoms with Gasteiger partial charge >= 0.3 is 6.18 Å². The van der Waals surface area contributed by atoms with Gasteiger partial charge in [-0.25, -0.2) is 0 Å². The van der Waals surface area contributed by atoms with Gasteiger partial charge in [0.1, 0.15) is 11.5 Å². The summed E-state index contributed by atoms with van der Waals surface area (Å²) in [6.45, 7) is 4.67. The van der Waals surface area contributed by atoms with Crippen LogP contribution >= 0.6 is 15.9 Å². The lowest BCUT2D eigenvalue weighted by Crippen LogP contribution is -2.13. The van der Waals surface area contributed by atoms with Gasteiger partial charge in [0, 0.05) is 22.4 Å². The maximum Gasteiger partial charge on any atom is 0.416 e. The van der Waals surface area contributed by atoms with Crippen LogP contribution in [0.3, 0.4) is 0 Å². The number of allylic oxidation sites excluding steroid dienone is 3. The fraction of sp³-hybridized carbons (Fsp3) is 0.462. The summed E-state index contributed by atoms with van der Waals surface area (Å²) < 4.78 is 43.6. The van der Waals surface area contributed by atoms with Gasteiger partial charge in [-0.1, -0.05) is 33.7 Å². The van der Waals surface area contributed by atoms with Crippen molar-refractivity contribution in [1.29, 1.82) is 0 Å². The molecule has 0 radical (unpaired) electrons. The molecular weight excluding hydrogens is 323 g/mol. The monoisotopic (exact) mass is 335 g/mol. The van der Waals surface area contributed by atoms with Crippen LogP contribution in [0.5, 0.6) is 0 Å². The first kappa shape index (κ1) is 14.4. The van der Waals surface area contributed by atoms with Gasteiger partial charge in [0.05, 0.1) is 5.57 Å². The maximum atomic E-state index is 12.8. The minimum absolute atomic E-state index is 0.0161. The Hall–Kier alpha value is -1.04. The second-order valence-electron chi connectivity index (χ2n) is 4.46. The summed E-state index contributed by atoms with van der Waals surface area (Å²) >= 11 is 3.29. The van der Waals surface area contributed by atoms with E-state index in [-0.39, 0.29) is 11.3 Å². The molecular formula is C13H13BrF3NO. The summed E-state index contributed by atoms with van der Waals surface area (Å²) in [5, 5.41) is 4.24. The van der Waals surface area contributed by atoms with Crippen molar-refractivity contribution in [3.8, 4) is 0 Å². The highest BCUT2D eigenvalue weighted by molar-refractivity contribution is 9.08. The van der Waals surface area contributed by atoms with Crippen LogP contribution in [0.2, 0.25) is 0 Å². The molecule has 0 N–H and O–H groups in total. The molecule has 1 aromatic rings. The Bertz CT molecular complexity index is 526. The molecule has 104 valence electrons. The molecule has 0 saturated heterocycles. The van der Waals surface area contributed by atoms with E-state index in [1.54, 1.807) is 0 Å². The summed E-state index contributed by atoms with van der Waals surface area (Å²) in [5.74, 6) is 0.993. The number of hydrogen-bond donors (Lipinski definition) is 0. The molecule has 0 aliphatic heterocycles. The van der Waals surface area contributed by atoms with Crippen LogP contribution in [-0.4, -0.2) is 11.3 Å². The molecule has 1 aliphatic rings. The van der Waals surface area contributed by atoms with E-state index in [0.29, 0.717) is 22.6 Å². The molecule has 19 heavy (non-hydrogen) atoms. The van der Waals surface area contributed by atoms with Crippen LogP contribution in [0.4, 0.5) is 13.2 Å². The molecule has 1 aromatic heterocycles. The topological polar surface area (TPSA) is 26.0 Å². The van der Waals surface area contributed by atoms with Crippen molar-refractivity contribution in [2.45, 2.75) is 37.2 Å². The molecule has 1 saturated carbocycles. The predicted molar refractivity (Wildman–Crippen MR) is 70.0 cm³/mol. The molecule has 0 unspecified atom stereocenters. The molecule has 1 aliphatic carbocycles. The highest BCUT2D eigenvalue weighted by Gasteiger charge is 2.38. The van der Waals surface area contributed by atoms with E-state index >= 15 is 0 Å². The molecule has 1 heterocycles. The summed E-state index contributed by atoms with van der Waals surface area (Å²) in [6.07, 6.45) is -1.10. The lowest BCUT2D eigenvalue weighted by atomic mass is 9.99. The summed E-state index contributed by atoms with van der Waals surface area (Å²) in [6, 6.07) is 0. The van der Waals surface area contributed by atoms with E-state index < -0.39 is 11.7 Å². The lowest BCUT2D eigenvalue weighted by Gasteiger charge is -2.12. The van der Waals surface area contributed by atoms with E-state index in [1.807, 2.05) is 0 Å². The molecule has 0 bridgehead atoms. The standard InChI is InChI=1S/C13H13BrF3NO/c1-3-9(7(2)13(15,16)17)11-10(6-14)12(19-18-11)8-4-5-8/h3,8H,2,4-6H2,1H3/b9-3+. The summed E-state index contributed by atoms with van der Waals surface area (Å²) in [7, 11) is 0. The smallest absolute Gasteiger partial charge is 0.360 e. The minimum Gasteiger partial charge on any atom is -0.360 e. The van der Waals surface area contributed by atoms with Gasteiger partial charge in [-0.2, -0.15) is 13.2 Å². The van der Waals surface area contributed by atoms with Crippen LogP contribution in [0.15, 0.2) is 22.8 Å². The van der Waals surface area contributed by atoms with Gasteiger partial charge < -0.3 is 4.52 Å². The van der Waals surface area contributed by atoms with Crippen molar-refractivity contribution < 1.29 is 17.7 Å². The molecule has 6 heteroatoms. The highest BCUT2D eigenvalue weighted by atomic mass is 79.9. The molecule has 2 nitrogen and oxygen atoms in total. The van der Waals surface area contributed by atoms with Gasteiger partial charge in [0.15, 0.2) is 0 Å². The molecule has 0 amide bonds. The Morgan fingerprint density at radius 2 is 2.16 bits per heavy atom. The van der Waals surface area contributed by atoms with Crippen molar-refractivity contribution in [2.24, 2.45) is 0 Å². The number of aromatic nitrogens is 1. The Balaban J connectivity index is 2.42. The first-order chi connectivity index (χ1) is 8.90. The first-order valence-electron chi connectivity index (χ1n) is 5.87. The van der Waals surface area contributed by atoms with Gasteiger partial charge in [-0.05, 0) is 19.8 Å². The Morgan fingerprint density at radius 1 is 1.53 bits per heavy atom. The number of halogens is 4. The van der Waals surface area contributed by atoms with E-state index in [0.717, 1.165) is 12.8 Å². The quantitative estimate of drug-likeness (QED) is 0.573. The third-order valence-corrected chi connectivity index (χ3v) is 3.67. The second kappa shape index (κ2) is 5.15.